The minimum Gasteiger partial charge on any atom is -0.391 e. The second kappa shape index (κ2) is 6.13. The summed E-state index contributed by atoms with van der Waals surface area (Å²) in [6, 6.07) is 3.29. The second-order valence-electron chi connectivity index (χ2n) is 5.49. The van der Waals surface area contributed by atoms with Crippen LogP contribution in [-0.2, 0) is 16.6 Å². The van der Waals surface area contributed by atoms with Crippen molar-refractivity contribution in [3.05, 3.63) is 17.0 Å². The maximum absolute atomic E-state index is 12.6. The highest BCUT2D eigenvalue weighted by Crippen LogP contribution is 2.39. The first-order valence-electron chi connectivity index (χ1n) is 7.17. The molecule has 0 bridgehead atoms. The van der Waals surface area contributed by atoms with Gasteiger partial charge >= 0.3 is 0 Å². The van der Waals surface area contributed by atoms with E-state index in [-0.39, 0.29) is 6.61 Å². The van der Waals surface area contributed by atoms with Crippen molar-refractivity contribution in [3.63, 3.8) is 0 Å². The molecule has 1 fully saturated rings. The van der Waals surface area contributed by atoms with Gasteiger partial charge < -0.3 is 5.11 Å². The lowest BCUT2D eigenvalue weighted by atomic mass is 9.75. The van der Waals surface area contributed by atoms with E-state index in [1.807, 2.05) is 0 Å². The Balaban J connectivity index is 2.13. The normalized spacial score (nSPS) is 20.1. The number of aliphatic hydroxyl groups excluding tert-OH is 1. The minimum absolute atomic E-state index is 0.102. The number of aliphatic hydroxyl groups is 1. The molecule has 0 amide bonds. The monoisotopic (exact) mass is 317 g/mol. The van der Waals surface area contributed by atoms with E-state index in [0.29, 0.717) is 27.6 Å². The van der Waals surface area contributed by atoms with Crippen LogP contribution in [0.4, 0.5) is 0 Å². The fourth-order valence-electron chi connectivity index (χ4n) is 2.87. The van der Waals surface area contributed by atoms with E-state index >= 15 is 0 Å². The van der Waals surface area contributed by atoms with Crippen molar-refractivity contribution in [3.8, 4) is 0 Å². The van der Waals surface area contributed by atoms with E-state index in [4.69, 9.17) is 5.11 Å². The Bertz CT molecular complexity index is 537. The summed E-state index contributed by atoms with van der Waals surface area (Å²) >= 11 is 1.17. The zero-order valence-electron chi connectivity index (χ0n) is 12.1. The number of rotatable bonds is 5. The number of thiophene rings is 1. The molecule has 4 nitrogen and oxygen atoms in total. The van der Waals surface area contributed by atoms with Crippen molar-refractivity contribution in [2.75, 3.05) is 13.1 Å². The van der Waals surface area contributed by atoms with Crippen molar-refractivity contribution >= 4 is 21.4 Å². The van der Waals surface area contributed by atoms with Gasteiger partial charge in [0.05, 0.1) is 6.61 Å². The van der Waals surface area contributed by atoms with Crippen molar-refractivity contribution in [2.24, 2.45) is 5.41 Å². The Kier molecular flexibility index (Phi) is 4.89. The molecule has 6 heteroatoms. The third-order valence-corrected chi connectivity index (χ3v) is 8.11. The fraction of sp³-hybridized carbons (Fsp3) is 0.714. The summed E-state index contributed by atoms with van der Waals surface area (Å²) in [7, 11) is -3.38. The fourth-order valence-corrected chi connectivity index (χ4v) is 5.68. The Morgan fingerprint density at radius 3 is 2.30 bits per heavy atom. The maximum Gasteiger partial charge on any atom is 0.252 e. The number of piperidine rings is 1. The minimum atomic E-state index is -3.38. The molecule has 0 unspecified atom stereocenters. The van der Waals surface area contributed by atoms with Gasteiger partial charge in [-0.3, -0.25) is 0 Å². The molecule has 0 aromatic carbocycles. The van der Waals surface area contributed by atoms with Gasteiger partial charge in [-0.25, -0.2) is 8.42 Å². The molecule has 1 aromatic rings. The molecular weight excluding hydrogens is 294 g/mol. The summed E-state index contributed by atoms with van der Waals surface area (Å²) < 4.78 is 27.1. The largest absolute Gasteiger partial charge is 0.391 e. The van der Waals surface area contributed by atoms with E-state index in [2.05, 4.69) is 13.8 Å². The van der Waals surface area contributed by atoms with Crippen LogP contribution in [0, 0.1) is 5.41 Å². The summed E-state index contributed by atoms with van der Waals surface area (Å²) in [6.07, 6.45) is 4.12. The van der Waals surface area contributed by atoms with Crippen LogP contribution in [0.3, 0.4) is 0 Å². The zero-order chi connectivity index (χ0) is 14.8. The molecule has 0 saturated carbocycles. The molecule has 2 heterocycles. The van der Waals surface area contributed by atoms with Gasteiger partial charge in [0, 0.05) is 18.0 Å². The smallest absolute Gasteiger partial charge is 0.252 e. The average Bonchev–Trinajstić information content (AvgIpc) is 2.97. The molecule has 1 N–H and O–H groups in total. The van der Waals surface area contributed by atoms with Crippen LogP contribution in [0.1, 0.15) is 44.4 Å². The van der Waals surface area contributed by atoms with Gasteiger partial charge in [0.1, 0.15) is 4.21 Å². The van der Waals surface area contributed by atoms with Crippen molar-refractivity contribution in [2.45, 2.75) is 50.3 Å². The first-order valence-corrected chi connectivity index (χ1v) is 9.43. The molecule has 1 aliphatic heterocycles. The molecule has 1 saturated heterocycles. The van der Waals surface area contributed by atoms with Crippen LogP contribution in [0.25, 0.3) is 0 Å². The van der Waals surface area contributed by atoms with Crippen LogP contribution in [0.2, 0.25) is 0 Å². The maximum atomic E-state index is 12.6. The number of hydrogen-bond donors (Lipinski definition) is 1. The van der Waals surface area contributed by atoms with E-state index < -0.39 is 10.0 Å². The molecular formula is C14H23NO3S2. The van der Waals surface area contributed by atoms with Gasteiger partial charge in [0.2, 0.25) is 0 Å². The van der Waals surface area contributed by atoms with Crippen LogP contribution in [0.5, 0.6) is 0 Å². The molecule has 0 aliphatic carbocycles. The zero-order valence-corrected chi connectivity index (χ0v) is 13.8. The van der Waals surface area contributed by atoms with Crippen molar-refractivity contribution in [1.82, 2.24) is 4.31 Å². The lowest BCUT2D eigenvalue weighted by Crippen LogP contribution is -2.42. The van der Waals surface area contributed by atoms with Gasteiger partial charge in [-0.1, -0.05) is 26.7 Å². The molecule has 0 spiro atoms. The Morgan fingerprint density at radius 2 is 1.85 bits per heavy atom. The molecule has 0 atom stereocenters. The Morgan fingerprint density at radius 1 is 1.25 bits per heavy atom. The van der Waals surface area contributed by atoms with Crippen LogP contribution in [-0.4, -0.2) is 30.9 Å². The van der Waals surface area contributed by atoms with E-state index in [1.54, 1.807) is 16.4 Å². The quantitative estimate of drug-likeness (QED) is 0.908. The lowest BCUT2D eigenvalue weighted by molar-refractivity contribution is 0.142. The topological polar surface area (TPSA) is 57.6 Å². The molecule has 2 rings (SSSR count). The summed E-state index contributed by atoms with van der Waals surface area (Å²) in [5.41, 5.74) is 0.317. The first kappa shape index (κ1) is 15.9. The van der Waals surface area contributed by atoms with Crippen LogP contribution in [0.15, 0.2) is 16.3 Å². The molecule has 114 valence electrons. The third-order valence-electron chi connectivity index (χ3n) is 4.67. The Hall–Kier alpha value is -0.430. The average molecular weight is 317 g/mol. The molecule has 20 heavy (non-hydrogen) atoms. The highest BCUT2D eigenvalue weighted by molar-refractivity contribution is 7.91. The van der Waals surface area contributed by atoms with Crippen molar-refractivity contribution in [1.29, 1.82) is 0 Å². The van der Waals surface area contributed by atoms with E-state index in [0.717, 1.165) is 25.7 Å². The summed E-state index contributed by atoms with van der Waals surface area (Å²) in [5.74, 6) is 0. The summed E-state index contributed by atoms with van der Waals surface area (Å²) in [4.78, 5) is 0.692. The van der Waals surface area contributed by atoms with Gasteiger partial charge in [-0.2, -0.15) is 4.31 Å². The van der Waals surface area contributed by atoms with Crippen LogP contribution >= 0.6 is 11.3 Å². The summed E-state index contributed by atoms with van der Waals surface area (Å²) in [5, 5.41) is 9.06. The number of nitrogens with zero attached hydrogens (tertiary/aromatic N) is 1. The number of hydrogen-bond acceptors (Lipinski definition) is 4. The molecule has 0 radical (unpaired) electrons. The van der Waals surface area contributed by atoms with Gasteiger partial charge in [0.15, 0.2) is 0 Å². The number of sulfonamides is 1. The van der Waals surface area contributed by atoms with E-state index in [9.17, 15) is 8.42 Å². The predicted molar refractivity (Wildman–Crippen MR) is 81.2 cm³/mol. The van der Waals surface area contributed by atoms with Crippen LogP contribution < -0.4 is 0 Å². The van der Waals surface area contributed by atoms with Gasteiger partial charge in [0.25, 0.3) is 10.0 Å². The second-order valence-corrected chi connectivity index (χ2v) is 8.82. The van der Waals surface area contributed by atoms with Gasteiger partial charge in [-0.15, -0.1) is 11.3 Å². The third kappa shape index (κ3) is 2.93. The highest BCUT2D eigenvalue weighted by atomic mass is 32.2. The predicted octanol–water partition coefficient (Wildman–Crippen LogP) is 2.83. The first-order chi connectivity index (χ1) is 9.47. The van der Waals surface area contributed by atoms with Crippen molar-refractivity contribution < 1.29 is 13.5 Å². The lowest BCUT2D eigenvalue weighted by Gasteiger charge is -2.40. The SMILES string of the molecule is CCC1(CC)CCN(S(=O)(=O)c2ccc(CO)s2)CC1. The highest BCUT2D eigenvalue weighted by Gasteiger charge is 2.36. The standard InChI is InChI=1S/C14H23NO3S2/c1-3-14(4-2)7-9-15(10-8-14)20(17,18)13-6-5-12(11-16)19-13/h5-6,16H,3-4,7-11H2,1-2H3. The molecule has 1 aliphatic rings. The van der Waals surface area contributed by atoms with E-state index in [1.165, 1.54) is 11.3 Å². The molecule has 1 aromatic heterocycles. The Labute approximate surface area is 125 Å². The summed E-state index contributed by atoms with van der Waals surface area (Å²) in [6.45, 7) is 5.50. The van der Waals surface area contributed by atoms with Gasteiger partial charge in [-0.05, 0) is 30.4 Å².